The molecule has 29 heavy (non-hydrogen) atoms. The molecule has 3 amide bonds. The van der Waals surface area contributed by atoms with Crippen LogP contribution in [0, 0.1) is 6.92 Å². The Kier molecular flexibility index (Phi) is 5.91. The SMILES string of the molecule is Cc1ccc(Cl)cc1N1CCN(C(=O)Cc2csc(N3CCCNC3=O)n2)CC1. The number of aromatic nitrogens is 1. The normalized spacial score (nSPS) is 17.4. The second kappa shape index (κ2) is 8.59. The van der Waals surface area contributed by atoms with Crippen LogP contribution in [-0.2, 0) is 11.2 Å². The van der Waals surface area contributed by atoms with Gasteiger partial charge in [0.25, 0.3) is 0 Å². The standard InChI is InChI=1S/C20H24ClN5O2S/c1-14-3-4-15(21)11-17(14)24-7-9-25(10-8-24)18(27)12-16-13-29-20(23-16)26-6-2-5-22-19(26)28/h3-4,11,13H,2,5-10,12H2,1H3,(H,22,28). The Labute approximate surface area is 179 Å². The predicted octanol–water partition coefficient (Wildman–Crippen LogP) is 2.92. The van der Waals surface area contributed by atoms with E-state index in [1.54, 1.807) is 4.90 Å². The largest absolute Gasteiger partial charge is 0.368 e. The van der Waals surface area contributed by atoms with Gasteiger partial charge < -0.3 is 15.1 Å². The zero-order chi connectivity index (χ0) is 20.4. The third-order valence-electron chi connectivity index (χ3n) is 5.33. The van der Waals surface area contributed by atoms with Gasteiger partial charge in [0.2, 0.25) is 5.91 Å². The summed E-state index contributed by atoms with van der Waals surface area (Å²) in [4.78, 5) is 35.0. The Bertz CT molecular complexity index is 910. The molecule has 0 unspecified atom stereocenters. The molecule has 2 aromatic rings. The first-order chi connectivity index (χ1) is 14.0. The quantitative estimate of drug-likeness (QED) is 0.804. The number of halogens is 1. The fourth-order valence-electron chi connectivity index (χ4n) is 3.70. The molecule has 2 aliphatic rings. The van der Waals surface area contributed by atoms with Crippen molar-refractivity contribution in [2.45, 2.75) is 19.8 Å². The minimum Gasteiger partial charge on any atom is -0.368 e. The van der Waals surface area contributed by atoms with Gasteiger partial charge in [0.1, 0.15) is 0 Å². The van der Waals surface area contributed by atoms with E-state index < -0.39 is 0 Å². The van der Waals surface area contributed by atoms with Gasteiger partial charge in [0, 0.05) is 55.4 Å². The molecule has 1 aromatic heterocycles. The summed E-state index contributed by atoms with van der Waals surface area (Å²) in [6, 6.07) is 5.80. The molecule has 154 valence electrons. The van der Waals surface area contributed by atoms with E-state index in [2.05, 4.69) is 22.1 Å². The smallest absolute Gasteiger partial charge is 0.323 e. The van der Waals surface area contributed by atoms with Gasteiger partial charge in [-0.2, -0.15) is 0 Å². The second-order valence-corrected chi connectivity index (χ2v) is 8.61. The molecule has 4 rings (SSSR count). The summed E-state index contributed by atoms with van der Waals surface area (Å²) in [5.41, 5.74) is 3.04. The molecule has 0 aliphatic carbocycles. The Balaban J connectivity index is 1.33. The van der Waals surface area contributed by atoms with Gasteiger partial charge in [-0.05, 0) is 31.0 Å². The number of thiazole rings is 1. The van der Waals surface area contributed by atoms with Crippen LogP contribution in [0.4, 0.5) is 15.6 Å². The van der Waals surface area contributed by atoms with Gasteiger partial charge in [-0.3, -0.25) is 9.69 Å². The number of piperazine rings is 1. The lowest BCUT2D eigenvalue weighted by Gasteiger charge is -2.36. The number of amides is 3. The zero-order valence-electron chi connectivity index (χ0n) is 16.4. The van der Waals surface area contributed by atoms with Crippen molar-refractivity contribution in [1.29, 1.82) is 0 Å². The molecule has 7 nitrogen and oxygen atoms in total. The van der Waals surface area contributed by atoms with Crippen molar-refractivity contribution in [1.82, 2.24) is 15.2 Å². The zero-order valence-corrected chi connectivity index (χ0v) is 17.9. The Morgan fingerprint density at radius 3 is 2.79 bits per heavy atom. The molecule has 3 heterocycles. The second-order valence-electron chi connectivity index (χ2n) is 7.33. The van der Waals surface area contributed by atoms with E-state index in [9.17, 15) is 9.59 Å². The average Bonchev–Trinajstić information content (AvgIpc) is 3.18. The molecular formula is C20H24ClN5O2S. The number of urea groups is 1. The molecular weight excluding hydrogens is 410 g/mol. The Morgan fingerprint density at radius 2 is 2.03 bits per heavy atom. The summed E-state index contributed by atoms with van der Waals surface area (Å²) in [7, 11) is 0. The lowest BCUT2D eigenvalue weighted by atomic mass is 10.1. The molecule has 0 bridgehead atoms. The van der Waals surface area contributed by atoms with E-state index in [1.165, 1.54) is 16.9 Å². The summed E-state index contributed by atoms with van der Waals surface area (Å²) in [5, 5.41) is 6.08. The maximum absolute atomic E-state index is 12.7. The summed E-state index contributed by atoms with van der Waals surface area (Å²) in [6.45, 7) is 6.36. The molecule has 2 fully saturated rings. The van der Waals surface area contributed by atoms with Crippen molar-refractivity contribution >= 4 is 45.7 Å². The van der Waals surface area contributed by atoms with Crippen LogP contribution in [-0.4, -0.2) is 61.1 Å². The maximum atomic E-state index is 12.7. The highest BCUT2D eigenvalue weighted by Crippen LogP contribution is 2.26. The number of rotatable bonds is 4. The van der Waals surface area contributed by atoms with Gasteiger partial charge in [-0.1, -0.05) is 17.7 Å². The lowest BCUT2D eigenvalue weighted by molar-refractivity contribution is -0.130. The van der Waals surface area contributed by atoms with Gasteiger partial charge in [-0.25, -0.2) is 9.78 Å². The van der Waals surface area contributed by atoms with E-state index in [-0.39, 0.29) is 18.4 Å². The van der Waals surface area contributed by atoms with E-state index in [0.29, 0.717) is 31.3 Å². The molecule has 0 saturated carbocycles. The van der Waals surface area contributed by atoms with Crippen LogP contribution in [0.15, 0.2) is 23.6 Å². The van der Waals surface area contributed by atoms with Crippen LogP contribution in [0.25, 0.3) is 0 Å². The Hall–Kier alpha value is -2.32. The molecule has 2 aliphatic heterocycles. The fourth-order valence-corrected chi connectivity index (χ4v) is 4.72. The summed E-state index contributed by atoms with van der Waals surface area (Å²) < 4.78 is 0. The first kappa shape index (κ1) is 20.0. The first-order valence-corrected chi connectivity index (χ1v) is 11.1. The number of nitrogens with one attached hydrogen (secondary N) is 1. The monoisotopic (exact) mass is 433 g/mol. The third kappa shape index (κ3) is 4.48. The first-order valence-electron chi connectivity index (χ1n) is 9.80. The minimum atomic E-state index is -0.115. The van der Waals surface area contributed by atoms with Crippen molar-refractivity contribution in [2.24, 2.45) is 0 Å². The van der Waals surface area contributed by atoms with Gasteiger partial charge >= 0.3 is 6.03 Å². The number of hydrogen-bond donors (Lipinski definition) is 1. The number of carbonyl (C=O) groups excluding carboxylic acids is 2. The van der Waals surface area contributed by atoms with Crippen LogP contribution in [0.3, 0.4) is 0 Å². The van der Waals surface area contributed by atoms with Crippen LogP contribution < -0.4 is 15.1 Å². The highest BCUT2D eigenvalue weighted by molar-refractivity contribution is 7.14. The van der Waals surface area contributed by atoms with Crippen LogP contribution in [0.2, 0.25) is 5.02 Å². The number of hydrogen-bond acceptors (Lipinski definition) is 5. The number of benzene rings is 1. The van der Waals surface area contributed by atoms with Gasteiger partial charge in [0.15, 0.2) is 5.13 Å². The molecule has 0 radical (unpaired) electrons. The van der Waals surface area contributed by atoms with Crippen molar-refractivity contribution in [3.05, 3.63) is 39.9 Å². The molecule has 9 heteroatoms. The summed E-state index contributed by atoms with van der Waals surface area (Å²) >= 11 is 7.56. The average molecular weight is 434 g/mol. The number of anilines is 2. The molecule has 1 N–H and O–H groups in total. The molecule has 2 saturated heterocycles. The van der Waals surface area contributed by atoms with Gasteiger partial charge in [-0.15, -0.1) is 11.3 Å². The van der Waals surface area contributed by atoms with E-state index in [1.807, 2.05) is 28.5 Å². The number of carbonyl (C=O) groups is 2. The van der Waals surface area contributed by atoms with Crippen LogP contribution in [0.1, 0.15) is 17.7 Å². The Morgan fingerprint density at radius 1 is 1.24 bits per heavy atom. The fraction of sp³-hybridized carbons (Fsp3) is 0.450. The number of nitrogens with zero attached hydrogens (tertiary/aromatic N) is 4. The molecule has 1 aromatic carbocycles. The minimum absolute atomic E-state index is 0.0763. The highest BCUT2D eigenvalue weighted by atomic mass is 35.5. The third-order valence-corrected chi connectivity index (χ3v) is 6.47. The van der Waals surface area contributed by atoms with Gasteiger partial charge in [0.05, 0.1) is 12.1 Å². The van der Waals surface area contributed by atoms with Crippen LogP contribution >= 0.6 is 22.9 Å². The van der Waals surface area contributed by atoms with E-state index >= 15 is 0 Å². The van der Waals surface area contributed by atoms with Crippen molar-refractivity contribution < 1.29 is 9.59 Å². The maximum Gasteiger partial charge on any atom is 0.323 e. The highest BCUT2D eigenvalue weighted by Gasteiger charge is 2.25. The van der Waals surface area contributed by atoms with E-state index in [4.69, 9.17) is 11.6 Å². The van der Waals surface area contributed by atoms with Crippen LogP contribution in [0.5, 0.6) is 0 Å². The predicted molar refractivity (Wildman–Crippen MR) is 116 cm³/mol. The summed E-state index contributed by atoms with van der Waals surface area (Å²) in [5.74, 6) is 0.0763. The summed E-state index contributed by atoms with van der Waals surface area (Å²) in [6.07, 6.45) is 1.16. The van der Waals surface area contributed by atoms with E-state index in [0.717, 1.165) is 35.9 Å². The molecule has 0 spiro atoms. The number of aryl methyl sites for hydroxylation is 1. The molecule has 0 atom stereocenters. The lowest BCUT2D eigenvalue weighted by Crippen LogP contribution is -2.49. The van der Waals surface area contributed by atoms with Crippen molar-refractivity contribution in [3.8, 4) is 0 Å². The van der Waals surface area contributed by atoms with Crippen molar-refractivity contribution in [3.63, 3.8) is 0 Å². The topological polar surface area (TPSA) is 68.8 Å². The van der Waals surface area contributed by atoms with Crippen molar-refractivity contribution in [2.75, 3.05) is 49.1 Å².